The number of carbonyl (C=O) groups excluding carboxylic acids is 1. The van der Waals surface area contributed by atoms with Crippen LogP contribution in [0.4, 0.5) is 0 Å². The molecule has 0 fully saturated rings. The van der Waals surface area contributed by atoms with Crippen LogP contribution in [0.2, 0.25) is 0 Å². The first kappa shape index (κ1) is 23.9. The molecule has 3 aromatic carbocycles. The minimum atomic E-state index is -0.283. The Balaban J connectivity index is 1.18. The molecule has 194 valence electrons. The molecule has 0 radical (unpaired) electrons. The van der Waals surface area contributed by atoms with Gasteiger partial charge in [-0.15, -0.1) is 0 Å². The van der Waals surface area contributed by atoms with Crippen molar-refractivity contribution in [3.8, 4) is 23.0 Å². The third-order valence-corrected chi connectivity index (χ3v) is 6.48. The molecule has 1 atom stereocenters. The van der Waals surface area contributed by atoms with Crippen molar-refractivity contribution in [1.29, 1.82) is 0 Å². The van der Waals surface area contributed by atoms with Gasteiger partial charge in [-0.3, -0.25) is 9.69 Å². The zero-order chi connectivity index (χ0) is 25.9. The Kier molecular flexibility index (Phi) is 6.58. The van der Waals surface area contributed by atoms with Crippen molar-refractivity contribution < 1.29 is 28.2 Å². The first-order chi connectivity index (χ1) is 18.6. The average molecular weight is 514 g/mol. The van der Waals surface area contributed by atoms with E-state index >= 15 is 0 Å². The van der Waals surface area contributed by atoms with Crippen molar-refractivity contribution in [1.82, 2.24) is 15.2 Å². The summed E-state index contributed by atoms with van der Waals surface area (Å²) < 4.78 is 27.7. The Bertz CT molecular complexity index is 1380. The van der Waals surface area contributed by atoms with Crippen LogP contribution in [0.3, 0.4) is 0 Å². The highest BCUT2D eigenvalue weighted by Gasteiger charge is 2.20. The number of nitrogens with zero attached hydrogens (tertiary/aromatic N) is 2. The molecule has 2 aliphatic rings. The first-order valence-electron chi connectivity index (χ1n) is 12.4. The van der Waals surface area contributed by atoms with E-state index in [0.29, 0.717) is 25.5 Å². The Morgan fingerprint density at radius 3 is 2.08 bits per heavy atom. The maximum atomic E-state index is 12.8. The molecule has 9 nitrogen and oxygen atoms in total. The summed E-state index contributed by atoms with van der Waals surface area (Å²) in [6.45, 7) is 3.98. The highest BCUT2D eigenvalue weighted by atomic mass is 16.7. The first-order valence-corrected chi connectivity index (χ1v) is 12.4. The van der Waals surface area contributed by atoms with Crippen molar-refractivity contribution in [2.45, 2.75) is 32.6 Å². The molecule has 1 unspecified atom stereocenters. The smallest absolute Gasteiger partial charge is 0.273 e. The van der Waals surface area contributed by atoms with Crippen LogP contribution in [0, 0.1) is 0 Å². The normalized spacial score (nSPS) is 14.1. The fourth-order valence-electron chi connectivity index (χ4n) is 4.54. The number of rotatable bonds is 9. The number of ether oxygens (including phenoxy) is 4. The quantitative estimate of drug-likeness (QED) is 0.340. The third kappa shape index (κ3) is 5.28. The highest BCUT2D eigenvalue weighted by Crippen LogP contribution is 2.34. The zero-order valence-electron chi connectivity index (χ0n) is 20.9. The molecule has 38 heavy (non-hydrogen) atoms. The van der Waals surface area contributed by atoms with Gasteiger partial charge in [-0.25, -0.2) is 4.98 Å². The van der Waals surface area contributed by atoms with Gasteiger partial charge in [-0.2, -0.15) is 0 Å². The number of oxazole rings is 1. The van der Waals surface area contributed by atoms with Crippen LogP contribution >= 0.6 is 0 Å². The van der Waals surface area contributed by atoms with Crippen LogP contribution in [0.1, 0.15) is 46.0 Å². The molecule has 0 aliphatic carbocycles. The van der Waals surface area contributed by atoms with Crippen molar-refractivity contribution in [2.75, 3.05) is 13.6 Å². The van der Waals surface area contributed by atoms with Crippen LogP contribution in [-0.4, -0.2) is 29.4 Å². The van der Waals surface area contributed by atoms with Gasteiger partial charge in [0.15, 0.2) is 28.7 Å². The van der Waals surface area contributed by atoms with Crippen molar-refractivity contribution in [3.05, 3.63) is 101 Å². The Morgan fingerprint density at radius 1 is 0.842 bits per heavy atom. The fourth-order valence-corrected chi connectivity index (χ4v) is 4.54. The van der Waals surface area contributed by atoms with E-state index in [9.17, 15) is 4.79 Å². The summed E-state index contributed by atoms with van der Waals surface area (Å²) in [6, 6.07) is 21.4. The van der Waals surface area contributed by atoms with Crippen LogP contribution in [0.15, 0.2) is 77.4 Å². The van der Waals surface area contributed by atoms with E-state index < -0.39 is 0 Å². The molecular formula is C29H27N3O6. The van der Waals surface area contributed by atoms with Gasteiger partial charge < -0.3 is 28.7 Å². The standard InChI is InChI=1S/C29H27N3O6/c1-19(22-5-3-2-4-6-22)30-29(33)23-16-34-28(31-23)15-32(13-20-7-9-24-26(11-20)37-17-35-24)14-21-8-10-25-27(12-21)38-18-36-25/h2-12,16,19H,13-15,17-18H2,1H3,(H,30,33). The van der Waals surface area contributed by atoms with E-state index in [2.05, 4.69) is 15.2 Å². The van der Waals surface area contributed by atoms with Gasteiger partial charge in [0.2, 0.25) is 19.5 Å². The molecule has 0 saturated heterocycles. The van der Waals surface area contributed by atoms with Gasteiger partial charge in [-0.1, -0.05) is 42.5 Å². The van der Waals surface area contributed by atoms with E-state index in [-0.39, 0.29) is 31.2 Å². The van der Waals surface area contributed by atoms with Crippen molar-refractivity contribution >= 4 is 5.91 Å². The second kappa shape index (κ2) is 10.5. The Morgan fingerprint density at radius 2 is 1.45 bits per heavy atom. The van der Waals surface area contributed by atoms with Gasteiger partial charge in [0.1, 0.15) is 6.26 Å². The summed E-state index contributed by atoms with van der Waals surface area (Å²) in [5.41, 5.74) is 3.37. The van der Waals surface area contributed by atoms with E-state index in [1.165, 1.54) is 6.26 Å². The Labute approximate surface area is 219 Å². The van der Waals surface area contributed by atoms with Gasteiger partial charge >= 0.3 is 0 Å². The molecule has 0 bridgehead atoms. The fraction of sp³-hybridized carbons (Fsp3) is 0.241. The molecule has 1 N–H and O–H groups in total. The third-order valence-electron chi connectivity index (χ3n) is 6.48. The lowest BCUT2D eigenvalue weighted by atomic mass is 10.1. The molecule has 1 aromatic heterocycles. The summed E-state index contributed by atoms with van der Waals surface area (Å²) in [5.74, 6) is 3.10. The van der Waals surface area contributed by atoms with Gasteiger partial charge in [0, 0.05) is 13.1 Å². The molecule has 0 saturated carbocycles. The summed E-state index contributed by atoms with van der Waals surface area (Å²) in [6.07, 6.45) is 1.40. The van der Waals surface area contributed by atoms with E-state index in [4.69, 9.17) is 23.4 Å². The minimum Gasteiger partial charge on any atom is -0.454 e. The van der Waals surface area contributed by atoms with Crippen molar-refractivity contribution in [3.63, 3.8) is 0 Å². The van der Waals surface area contributed by atoms with Crippen LogP contribution < -0.4 is 24.3 Å². The maximum Gasteiger partial charge on any atom is 0.273 e. The molecule has 2 aliphatic heterocycles. The van der Waals surface area contributed by atoms with Crippen LogP contribution in [0.5, 0.6) is 23.0 Å². The molecule has 6 rings (SSSR count). The number of carbonyl (C=O) groups is 1. The lowest BCUT2D eigenvalue weighted by molar-refractivity contribution is 0.0934. The van der Waals surface area contributed by atoms with Gasteiger partial charge in [0.05, 0.1) is 12.6 Å². The number of aromatic nitrogens is 1. The summed E-state index contributed by atoms with van der Waals surface area (Å²) >= 11 is 0. The highest BCUT2D eigenvalue weighted by molar-refractivity contribution is 5.92. The summed E-state index contributed by atoms with van der Waals surface area (Å²) in [5, 5.41) is 2.98. The van der Waals surface area contributed by atoms with E-state index in [1.54, 1.807) is 0 Å². The molecule has 0 spiro atoms. The van der Waals surface area contributed by atoms with E-state index in [1.807, 2.05) is 73.7 Å². The number of fused-ring (bicyclic) bond motifs is 2. The maximum absolute atomic E-state index is 12.8. The van der Waals surface area contributed by atoms with Gasteiger partial charge in [-0.05, 0) is 47.9 Å². The number of benzene rings is 3. The molecular weight excluding hydrogens is 486 g/mol. The SMILES string of the molecule is CC(NC(=O)c1coc(CN(Cc2ccc3c(c2)OCO3)Cc2ccc3c(c2)OCO3)n1)c1ccccc1. The van der Waals surface area contributed by atoms with Crippen LogP contribution in [0.25, 0.3) is 0 Å². The second-order valence-corrected chi connectivity index (χ2v) is 9.25. The average Bonchev–Trinajstić information content (AvgIpc) is 3.69. The predicted molar refractivity (Wildman–Crippen MR) is 137 cm³/mol. The zero-order valence-corrected chi connectivity index (χ0v) is 20.9. The second-order valence-electron chi connectivity index (χ2n) is 9.25. The summed E-state index contributed by atoms with van der Waals surface area (Å²) in [4.78, 5) is 19.5. The Hall–Kier alpha value is -4.50. The lowest BCUT2D eigenvalue weighted by Gasteiger charge is -2.21. The predicted octanol–water partition coefficient (Wildman–Crippen LogP) is 4.83. The van der Waals surface area contributed by atoms with Crippen molar-refractivity contribution in [2.24, 2.45) is 0 Å². The molecule has 1 amide bonds. The molecule has 9 heteroatoms. The monoisotopic (exact) mass is 513 g/mol. The minimum absolute atomic E-state index is 0.155. The number of hydrogen-bond acceptors (Lipinski definition) is 8. The number of hydrogen-bond donors (Lipinski definition) is 1. The summed E-state index contributed by atoms with van der Waals surface area (Å²) in [7, 11) is 0. The van der Waals surface area contributed by atoms with Gasteiger partial charge in [0.25, 0.3) is 5.91 Å². The lowest BCUT2D eigenvalue weighted by Crippen LogP contribution is -2.27. The van der Waals surface area contributed by atoms with E-state index in [0.717, 1.165) is 39.7 Å². The molecule has 3 heterocycles. The number of amides is 1. The molecule has 4 aromatic rings. The largest absolute Gasteiger partial charge is 0.454 e. The number of nitrogens with one attached hydrogen (secondary N) is 1. The van der Waals surface area contributed by atoms with Crippen LogP contribution in [-0.2, 0) is 19.6 Å². The topological polar surface area (TPSA) is 95.3 Å².